The zero-order valence-electron chi connectivity index (χ0n) is 19.3. The van der Waals surface area contributed by atoms with Crippen LogP contribution in [0, 0.1) is 12.3 Å². The molecule has 0 fully saturated rings. The lowest BCUT2D eigenvalue weighted by atomic mass is 9.75. The van der Waals surface area contributed by atoms with Gasteiger partial charge in [-0.1, -0.05) is 72.4 Å². The third kappa shape index (κ3) is 3.83. The smallest absolute Gasteiger partial charge is 0.203 e. The predicted octanol–water partition coefficient (Wildman–Crippen LogP) is 6.08. The lowest BCUT2D eigenvalue weighted by Crippen LogP contribution is -2.23. The molecule has 0 spiro atoms. The fourth-order valence-electron chi connectivity index (χ4n) is 4.30. The van der Waals surface area contributed by atoms with Gasteiger partial charge in [0.2, 0.25) is 5.62 Å². The monoisotopic (exact) mass is 389 g/mol. The van der Waals surface area contributed by atoms with Gasteiger partial charge >= 0.3 is 0 Å². The van der Waals surface area contributed by atoms with Crippen LogP contribution >= 0.6 is 0 Å². The number of fused-ring (bicyclic) bond motifs is 1. The van der Waals surface area contributed by atoms with Gasteiger partial charge in [0.1, 0.15) is 0 Å². The summed E-state index contributed by atoms with van der Waals surface area (Å²) >= 11 is 0. The van der Waals surface area contributed by atoms with Gasteiger partial charge in [0.05, 0.1) is 17.6 Å². The highest BCUT2D eigenvalue weighted by atomic mass is 15.2. The molecule has 0 aliphatic rings. The SMILES string of the molecule is C=C(Cn1c(=N)n(C)c2ccccc21)c1cc(C(C)(C)C)c(C)c(C(C)(C)C)c1. The fourth-order valence-corrected chi connectivity index (χ4v) is 4.30. The minimum Gasteiger partial charge on any atom is -0.313 e. The molecule has 1 aromatic heterocycles. The van der Waals surface area contributed by atoms with Crippen molar-refractivity contribution in [2.75, 3.05) is 0 Å². The zero-order chi connectivity index (χ0) is 21.7. The molecule has 0 unspecified atom stereocenters. The van der Waals surface area contributed by atoms with Gasteiger partial charge in [-0.05, 0) is 57.7 Å². The maximum absolute atomic E-state index is 8.58. The second-order valence-corrected chi connectivity index (χ2v) is 10.3. The molecule has 0 aliphatic carbocycles. The number of hydrogen-bond acceptors (Lipinski definition) is 1. The maximum atomic E-state index is 8.58. The van der Waals surface area contributed by atoms with Gasteiger partial charge < -0.3 is 9.13 Å². The summed E-state index contributed by atoms with van der Waals surface area (Å²) in [6, 6.07) is 12.8. The van der Waals surface area contributed by atoms with E-state index in [1.807, 2.05) is 28.3 Å². The molecule has 3 aromatic rings. The Morgan fingerprint density at radius 2 is 1.41 bits per heavy atom. The number of rotatable bonds is 3. The van der Waals surface area contributed by atoms with E-state index >= 15 is 0 Å². The van der Waals surface area contributed by atoms with E-state index in [4.69, 9.17) is 5.41 Å². The Hall–Kier alpha value is -2.55. The molecule has 0 atom stereocenters. The number of benzene rings is 2. The lowest BCUT2D eigenvalue weighted by Gasteiger charge is -2.30. The van der Waals surface area contributed by atoms with E-state index in [2.05, 4.69) is 79.3 Å². The standard InChI is InChI=1S/C26H35N3/c1-17(16-29-23-13-11-10-12-22(23)28(9)24(29)27)19-14-20(25(3,4)5)18(2)21(15-19)26(6,7)8/h10-15,27H,1,16H2,2-9H3. The summed E-state index contributed by atoms with van der Waals surface area (Å²) in [7, 11) is 1.95. The van der Waals surface area contributed by atoms with Crippen molar-refractivity contribution in [2.24, 2.45) is 7.05 Å². The lowest BCUT2D eigenvalue weighted by molar-refractivity contribution is 0.560. The number of aryl methyl sites for hydroxylation is 1. The summed E-state index contributed by atoms with van der Waals surface area (Å²) in [6.07, 6.45) is 0. The van der Waals surface area contributed by atoms with Crippen LogP contribution in [0.3, 0.4) is 0 Å². The van der Waals surface area contributed by atoms with Crippen molar-refractivity contribution in [1.29, 1.82) is 5.41 Å². The van der Waals surface area contributed by atoms with Gasteiger partial charge in [-0.3, -0.25) is 5.41 Å². The van der Waals surface area contributed by atoms with Gasteiger partial charge in [0.25, 0.3) is 0 Å². The van der Waals surface area contributed by atoms with E-state index in [9.17, 15) is 0 Å². The molecule has 0 aliphatic heterocycles. The summed E-state index contributed by atoms with van der Waals surface area (Å²) in [6.45, 7) is 20.9. The molecule has 0 radical (unpaired) electrons. The Morgan fingerprint density at radius 1 is 0.931 bits per heavy atom. The van der Waals surface area contributed by atoms with Crippen LogP contribution in [0.4, 0.5) is 0 Å². The van der Waals surface area contributed by atoms with Crippen molar-refractivity contribution >= 4 is 16.6 Å². The van der Waals surface area contributed by atoms with Crippen LogP contribution in [-0.2, 0) is 24.4 Å². The van der Waals surface area contributed by atoms with Gasteiger partial charge in [-0.25, -0.2) is 0 Å². The number of nitrogens with zero attached hydrogens (tertiary/aromatic N) is 2. The zero-order valence-corrected chi connectivity index (χ0v) is 19.3. The summed E-state index contributed by atoms with van der Waals surface area (Å²) in [5, 5.41) is 8.58. The third-order valence-electron chi connectivity index (χ3n) is 5.89. The Balaban J connectivity index is 2.14. The highest BCUT2D eigenvalue weighted by Crippen LogP contribution is 2.36. The fraction of sp³-hybridized carbons (Fsp3) is 0.423. The Labute approximate surface area is 175 Å². The molecule has 0 saturated carbocycles. The van der Waals surface area contributed by atoms with E-state index in [1.54, 1.807) is 0 Å². The maximum Gasteiger partial charge on any atom is 0.203 e. The van der Waals surface area contributed by atoms with Gasteiger partial charge in [-0.2, -0.15) is 0 Å². The van der Waals surface area contributed by atoms with Crippen LogP contribution < -0.4 is 5.62 Å². The molecule has 1 heterocycles. The van der Waals surface area contributed by atoms with Crippen LogP contribution in [0.15, 0.2) is 43.0 Å². The van der Waals surface area contributed by atoms with Crippen LogP contribution in [0.5, 0.6) is 0 Å². The van der Waals surface area contributed by atoms with Gasteiger partial charge in [-0.15, -0.1) is 0 Å². The highest BCUT2D eigenvalue weighted by Gasteiger charge is 2.25. The molecule has 3 nitrogen and oxygen atoms in total. The molecule has 3 rings (SSSR count). The molecular weight excluding hydrogens is 354 g/mol. The third-order valence-corrected chi connectivity index (χ3v) is 5.89. The second-order valence-electron chi connectivity index (χ2n) is 10.3. The number of allylic oxidation sites excluding steroid dienone is 1. The van der Waals surface area contributed by atoms with E-state index < -0.39 is 0 Å². The molecule has 0 saturated heterocycles. The summed E-state index contributed by atoms with van der Waals surface area (Å²) < 4.78 is 3.98. The first-order chi connectivity index (χ1) is 13.3. The summed E-state index contributed by atoms with van der Waals surface area (Å²) in [5.74, 6) is 0. The largest absolute Gasteiger partial charge is 0.313 e. The number of aromatic nitrogens is 2. The topological polar surface area (TPSA) is 33.7 Å². The summed E-state index contributed by atoms with van der Waals surface area (Å²) in [5.41, 5.74) is 9.08. The molecule has 154 valence electrons. The first kappa shape index (κ1) is 21.2. The van der Waals surface area contributed by atoms with E-state index in [1.165, 1.54) is 22.3 Å². The average molecular weight is 390 g/mol. The van der Waals surface area contributed by atoms with Crippen LogP contribution in [0.1, 0.15) is 63.8 Å². The quantitative estimate of drug-likeness (QED) is 0.563. The molecule has 29 heavy (non-hydrogen) atoms. The van der Waals surface area contributed by atoms with Crippen LogP contribution in [0.25, 0.3) is 16.6 Å². The highest BCUT2D eigenvalue weighted by molar-refractivity contribution is 5.77. The first-order valence-corrected chi connectivity index (χ1v) is 10.3. The minimum absolute atomic E-state index is 0.0630. The van der Waals surface area contributed by atoms with E-state index in [0.717, 1.165) is 16.6 Å². The average Bonchev–Trinajstić information content (AvgIpc) is 2.85. The van der Waals surface area contributed by atoms with Crippen molar-refractivity contribution in [3.05, 3.63) is 70.8 Å². The van der Waals surface area contributed by atoms with Crippen molar-refractivity contribution < 1.29 is 0 Å². The predicted molar refractivity (Wildman–Crippen MR) is 124 cm³/mol. The van der Waals surface area contributed by atoms with E-state index in [-0.39, 0.29) is 10.8 Å². The van der Waals surface area contributed by atoms with Crippen LogP contribution in [0.2, 0.25) is 0 Å². The van der Waals surface area contributed by atoms with Crippen molar-refractivity contribution in [2.45, 2.75) is 65.8 Å². The van der Waals surface area contributed by atoms with E-state index in [0.29, 0.717) is 12.2 Å². The Kier molecular flexibility index (Phi) is 5.15. The first-order valence-electron chi connectivity index (χ1n) is 10.3. The normalized spacial score (nSPS) is 12.6. The van der Waals surface area contributed by atoms with Gasteiger partial charge in [0, 0.05) is 7.05 Å². The number of nitrogens with one attached hydrogen (secondary N) is 1. The van der Waals surface area contributed by atoms with Crippen molar-refractivity contribution in [3.8, 4) is 0 Å². The molecular formula is C26H35N3. The Bertz CT molecular complexity index is 1110. The van der Waals surface area contributed by atoms with Crippen molar-refractivity contribution in [3.63, 3.8) is 0 Å². The molecule has 2 aromatic carbocycles. The molecule has 0 bridgehead atoms. The second kappa shape index (κ2) is 7.05. The van der Waals surface area contributed by atoms with Crippen molar-refractivity contribution in [1.82, 2.24) is 9.13 Å². The number of para-hydroxylation sites is 2. The number of hydrogen-bond donors (Lipinski definition) is 1. The minimum atomic E-state index is 0.0630. The molecule has 3 heteroatoms. The Morgan fingerprint density at radius 3 is 1.90 bits per heavy atom. The molecule has 0 amide bonds. The van der Waals surface area contributed by atoms with Crippen LogP contribution in [-0.4, -0.2) is 9.13 Å². The summed E-state index contributed by atoms with van der Waals surface area (Å²) in [4.78, 5) is 0. The molecule has 1 N–H and O–H groups in total. The number of imidazole rings is 1. The van der Waals surface area contributed by atoms with Gasteiger partial charge in [0.15, 0.2) is 0 Å².